The fourth-order valence-corrected chi connectivity index (χ4v) is 5.19. The van der Waals surface area contributed by atoms with Crippen LogP contribution >= 0.6 is 0 Å². The van der Waals surface area contributed by atoms with Crippen molar-refractivity contribution in [1.82, 2.24) is 4.90 Å². The molecule has 0 unspecified atom stereocenters. The van der Waals surface area contributed by atoms with Crippen molar-refractivity contribution < 1.29 is 31.9 Å². The number of sulfone groups is 1. The second-order valence-electron chi connectivity index (χ2n) is 7.25. The van der Waals surface area contributed by atoms with Crippen LogP contribution in [-0.2, 0) is 30.6 Å². The molecule has 1 amide bonds. The average molecular weight is 437 g/mol. The molecule has 0 N–H and O–H groups in total. The van der Waals surface area contributed by atoms with Crippen LogP contribution < -0.4 is 10.4 Å². The minimum atomic E-state index is -3.09. The molecule has 0 bridgehead atoms. The summed E-state index contributed by atoms with van der Waals surface area (Å²) in [6, 6.07) is 4.46. The second kappa shape index (κ2) is 8.47. The van der Waals surface area contributed by atoms with E-state index in [0.717, 1.165) is 0 Å². The van der Waals surface area contributed by atoms with E-state index >= 15 is 0 Å². The third-order valence-corrected chi connectivity index (χ3v) is 7.07. The summed E-state index contributed by atoms with van der Waals surface area (Å²) in [5, 5.41) is 0.639. The third-order valence-electron chi connectivity index (χ3n) is 5.32. The summed E-state index contributed by atoms with van der Waals surface area (Å²) >= 11 is 0. The predicted octanol–water partition coefficient (Wildman–Crippen LogP) is 0.841. The lowest BCUT2D eigenvalue weighted by Gasteiger charge is -2.23. The first-order valence-electron chi connectivity index (χ1n) is 9.33. The van der Waals surface area contributed by atoms with Crippen LogP contribution in [0.2, 0.25) is 0 Å². The van der Waals surface area contributed by atoms with Gasteiger partial charge in [-0.2, -0.15) is 0 Å². The van der Waals surface area contributed by atoms with Crippen molar-refractivity contribution in [2.24, 2.45) is 0 Å². The van der Waals surface area contributed by atoms with Crippen LogP contribution in [0.3, 0.4) is 0 Å². The van der Waals surface area contributed by atoms with E-state index in [4.69, 9.17) is 9.15 Å². The van der Waals surface area contributed by atoms with Crippen molar-refractivity contribution in [2.75, 3.05) is 32.3 Å². The number of aryl methyl sites for hydroxylation is 1. The Balaban J connectivity index is 1.73. The minimum absolute atomic E-state index is 0.0381. The summed E-state index contributed by atoms with van der Waals surface area (Å²) in [4.78, 5) is 37.5. The van der Waals surface area contributed by atoms with Crippen molar-refractivity contribution in [1.29, 1.82) is 0 Å². The standard InChI is InChI=1S/C20H23NO8S/c1-12-15-5-4-14(8-17(15)29-20(24)16(12)9-19(23)27-3)28-10-18(22)21(2)13-6-7-30(25,26)11-13/h4-5,8,13H,6-7,9-11H2,1-3H3/t13-/m1/s1. The smallest absolute Gasteiger partial charge is 0.340 e. The summed E-state index contributed by atoms with van der Waals surface area (Å²) in [5.74, 6) is -0.516. The maximum atomic E-state index is 12.4. The molecule has 10 heteroatoms. The Kier molecular flexibility index (Phi) is 6.16. The molecule has 1 aromatic carbocycles. The molecule has 0 aliphatic carbocycles. The largest absolute Gasteiger partial charge is 0.484 e. The maximum Gasteiger partial charge on any atom is 0.340 e. The van der Waals surface area contributed by atoms with Gasteiger partial charge >= 0.3 is 11.6 Å². The molecule has 0 radical (unpaired) electrons. The number of carbonyl (C=O) groups excluding carboxylic acids is 2. The molecular formula is C20H23NO8S. The van der Waals surface area contributed by atoms with Crippen molar-refractivity contribution >= 4 is 32.7 Å². The molecule has 1 atom stereocenters. The van der Waals surface area contributed by atoms with Crippen LogP contribution in [0.1, 0.15) is 17.5 Å². The topological polar surface area (TPSA) is 120 Å². The highest BCUT2D eigenvalue weighted by Gasteiger charge is 2.32. The van der Waals surface area contributed by atoms with E-state index < -0.39 is 21.4 Å². The molecule has 1 aromatic heterocycles. The zero-order valence-electron chi connectivity index (χ0n) is 17.0. The molecule has 30 heavy (non-hydrogen) atoms. The monoisotopic (exact) mass is 437 g/mol. The Morgan fingerprint density at radius 1 is 1.30 bits per heavy atom. The van der Waals surface area contributed by atoms with E-state index in [1.54, 1.807) is 26.1 Å². The van der Waals surface area contributed by atoms with Crippen LogP contribution in [0.5, 0.6) is 5.75 Å². The van der Waals surface area contributed by atoms with Gasteiger partial charge in [-0.1, -0.05) is 0 Å². The number of hydrogen-bond acceptors (Lipinski definition) is 8. The second-order valence-corrected chi connectivity index (χ2v) is 9.48. The Morgan fingerprint density at radius 2 is 2.03 bits per heavy atom. The first-order valence-corrected chi connectivity index (χ1v) is 11.2. The number of carbonyl (C=O) groups is 2. The first-order chi connectivity index (χ1) is 14.1. The summed E-state index contributed by atoms with van der Waals surface area (Å²) in [5.41, 5.74) is 0.467. The van der Waals surface area contributed by atoms with Gasteiger partial charge in [-0.25, -0.2) is 13.2 Å². The molecule has 1 aliphatic heterocycles. The van der Waals surface area contributed by atoms with E-state index in [1.165, 1.54) is 18.1 Å². The Bertz CT molecular complexity index is 1150. The predicted molar refractivity (Wildman–Crippen MR) is 108 cm³/mol. The fourth-order valence-electron chi connectivity index (χ4n) is 3.42. The van der Waals surface area contributed by atoms with Gasteiger partial charge in [0, 0.05) is 24.5 Å². The van der Waals surface area contributed by atoms with E-state index in [9.17, 15) is 22.8 Å². The van der Waals surface area contributed by atoms with Crippen molar-refractivity contribution in [3.05, 3.63) is 39.7 Å². The average Bonchev–Trinajstić information content (AvgIpc) is 3.07. The molecule has 2 heterocycles. The molecule has 2 aromatic rings. The molecule has 162 valence electrons. The van der Waals surface area contributed by atoms with Gasteiger partial charge in [0.05, 0.1) is 30.6 Å². The Labute approximate surface area is 173 Å². The number of methoxy groups -OCH3 is 1. The lowest BCUT2D eigenvalue weighted by atomic mass is 10.0. The zero-order chi connectivity index (χ0) is 22.1. The van der Waals surface area contributed by atoms with Crippen molar-refractivity contribution in [3.8, 4) is 5.75 Å². The molecule has 0 spiro atoms. The highest BCUT2D eigenvalue weighted by atomic mass is 32.2. The number of fused-ring (bicyclic) bond motifs is 1. The number of likely N-dealkylation sites (N-methyl/N-ethyl adjacent to an activating group) is 1. The SMILES string of the molecule is COC(=O)Cc1c(C)c2ccc(OCC(=O)N(C)[C@@H]3CCS(=O)(=O)C3)cc2oc1=O. The van der Waals surface area contributed by atoms with Crippen molar-refractivity contribution in [3.63, 3.8) is 0 Å². The quantitative estimate of drug-likeness (QED) is 0.482. The zero-order valence-corrected chi connectivity index (χ0v) is 17.8. The van der Waals surface area contributed by atoms with Gasteiger partial charge in [0.1, 0.15) is 11.3 Å². The van der Waals surface area contributed by atoms with Crippen LogP contribution in [0, 0.1) is 6.92 Å². The van der Waals surface area contributed by atoms with Gasteiger partial charge in [-0.15, -0.1) is 0 Å². The number of rotatable bonds is 6. The lowest BCUT2D eigenvalue weighted by Crippen LogP contribution is -2.40. The molecule has 9 nitrogen and oxygen atoms in total. The highest BCUT2D eigenvalue weighted by Crippen LogP contribution is 2.25. The molecule has 1 saturated heterocycles. The number of esters is 1. The van der Waals surface area contributed by atoms with Crippen LogP contribution in [0.15, 0.2) is 27.4 Å². The molecule has 1 aliphatic rings. The number of hydrogen-bond donors (Lipinski definition) is 0. The van der Waals surface area contributed by atoms with Crippen LogP contribution in [0.25, 0.3) is 11.0 Å². The normalized spacial score (nSPS) is 17.6. The van der Waals surface area contributed by atoms with Crippen LogP contribution in [0.4, 0.5) is 0 Å². The Morgan fingerprint density at radius 3 is 2.67 bits per heavy atom. The van der Waals surface area contributed by atoms with Crippen molar-refractivity contribution in [2.45, 2.75) is 25.8 Å². The number of benzene rings is 1. The van der Waals surface area contributed by atoms with Gasteiger partial charge in [-0.05, 0) is 31.0 Å². The maximum absolute atomic E-state index is 12.4. The summed E-state index contributed by atoms with van der Waals surface area (Å²) in [7, 11) is -0.290. The van der Waals surface area contributed by atoms with E-state index in [0.29, 0.717) is 23.1 Å². The lowest BCUT2D eigenvalue weighted by molar-refractivity contribution is -0.139. The molecule has 3 rings (SSSR count). The van der Waals surface area contributed by atoms with Gasteiger partial charge in [0.15, 0.2) is 16.4 Å². The molecule has 1 fully saturated rings. The molecule has 0 saturated carbocycles. The third kappa shape index (κ3) is 4.64. The van der Waals surface area contributed by atoms with E-state index in [-0.39, 0.29) is 47.6 Å². The fraction of sp³-hybridized carbons (Fsp3) is 0.450. The summed E-state index contributed by atoms with van der Waals surface area (Å²) in [6.07, 6.45) is 0.232. The van der Waals surface area contributed by atoms with Gasteiger partial charge in [-0.3, -0.25) is 9.59 Å². The summed E-state index contributed by atoms with van der Waals surface area (Å²) < 4.78 is 38.6. The van der Waals surface area contributed by atoms with Gasteiger partial charge in [0.25, 0.3) is 5.91 Å². The van der Waals surface area contributed by atoms with Gasteiger partial charge < -0.3 is 18.8 Å². The highest BCUT2D eigenvalue weighted by molar-refractivity contribution is 7.91. The van der Waals surface area contributed by atoms with E-state index in [2.05, 4.69) is 4.74 Å². The molecular weight excluding hydrogens is 414 g/mol. The minimum Gasteiger partial charge on any atom is -0.484 e. The summed E-state index contributed by atoms with van der Waals surface area (Å²) in [6.45, 7) is 1.44. The van der Waals surface area contributed by atoms with Gasteiger partial charge in [0.2, 0.25) is 0 Å². The van der Waals surface area contributed by atoms with Crippen LogP contribution in [-0.4, -0.2) is 63.5 Å². The number of amides is 1. The number of nitrogens with zero attached hydrogens (tertiary/aromatic N) is 1. The number of ether oxygens (including phenoxy) is 2. The Hall–Kier alpha value is -2.88. The first kappa shape index (κ1) is 21.8. The van der Waals surface area contributed by atoms with E-state index in [1.807, 2.05) is 0 Å².